The molecule has 1 aliphatic rings. The average Bonchev–Trinajstić information content (AvgIpc) is 2.73. The number of carbonyl (C=O) groups is 1. The van der Waals surface area contributed by atoms with Gasteiger partial charge in [-0.05, 0) is 24.7 Å². The zero-order valence-corrected chi connectivity index (χ0v) is 11.2. The molecule has 0 aromatic rings. The van der Waals surface area contributed by atoms with E-state index in [4.69, 9.17) is 11.6 Å². The fourth-order valence-electron chi connectivity index (χ4n) is 1.99. The van der Waals surface area contributed by atoms with Crippen molar-refractivity contribution in [3.63, 3.8) is 0 Å². The maximum absolute atomic E-state index is 11.4. The molecule has 1 amide bonds. The van der Waals surface area contributed by atoms with Gasteiger partial charge in [0.05, 0.1) is 7.11 Å². The quantitative estimate of drug-likeness (QED) is 0.733. The first-order chi connectivity index (χ1) is 7.98. The van der Waals surface area contributed by atoms with Gasteiger partial charge in [-0.2, -0.15) is 13.1 Å². The summed E-state index contributed by atoms with van der Waals surface area (Å²) in [5.74, 6) is 1.12. The van der Waals surface area contributed by atoms with Crippen molar-refractivity contribution in [1.82, 2.24) is 9.44 Å². The summed E-state index contributed by atoms with van der Waals surface area (Å²) < 4.78 is 31.1. The SMILES string of the molecule is COC(=O)NS(=O)(=O)NCC1CCCC1CCl. The van der Waals surface area contributed by atoms with Crippen LogP contribution in [0.3, 0.4) is 0 Å². The topological polar surface area (TPSA) is 84.5 Å². The van der Waals surface area contributed by atoms with Crippen molar-refractivity contribution in [1.29, 1.82) is 0 Å². The molecule has 0 heterocycles. The van der Waals surface area contributed by atoms with Gasteiger partial charge in [-0.1, -0.05) is 6.42 Å². The number of amides is 1. The number of alkyl halides is 1. The monoisotopic (exact) mass is 284 g/mol. The molecule has 0 aromatic heterocycles. The summed E-state index contributed by atoms with van der Waals surface area (Å²) >= 11 is 5.79. The van der Waals surface area contributed by atoms with Crippen molar-refractivity contribution >= 4 is 27.9 Å². The first-order valence-corrected chi connectivity index (χ1v) is 7.41. The summed E-state index contributed by atoms with van der Waals surface area (Å²) in [6.07, 6.45) is 2.05. The Morgan fingerprint density at radius 2 is 2.06 bits per heavy atom. The van der Waals surface area contributed by atoms with Gasteiger partial charge in [0.2, 0.25) is 0 Å². The summed E-state index contributed by atoms with van der Waals surface area (Å²) in [6.45, 7) is 0.295. The van der Waals surface area contributed by atoms with Crippen LogP contribution in [0.1, 0.15) is 19.3 Å². The first-order valence-electron chi connectivity index (χ1n) is 5.40. The van der Waals surface area contributed by atoms with Crippen LogP contribution in [-0.4, -0.2) is 34.0 Å². The Bertz CT molecular complexity index is 360. The van der Waals surface area contributed by atoms with Crippen LogP contribution in [0.15, 0.2) is 0 Å². The second-order valence-electron chi connectivity index (χ2n) is 4.05. The zero-order valence-electron chi connectivity index (χ0n) is 9.61. The molecule has 6 nitrogen and oxygen atoms in total. The van der Waals surface area contributed by atoms with Crippen molar-refractivity contribution in [2.45, 2.75) is 19.3 Å². The van der Waals surface area contributed by atoms with Gasteiger partial charge in [0, 0.05) is 12.4 Å². The zero-order chi connectivity index (χ0) is 12.9. The third-order valence-electron chi connectivity index (χ3n) is 2.95. The maximum atomic E-state index is 11.4. The molecule has 1 fully saturated rings. The molecule has 0 radical (unpaired) electrons. The first kappa shape index (κ1) is 14.5. The minimum absolute atomic E-state index is 0.238. The Kier molecular flexibility index (Phi) is 5.48. The summed E-state index contributed by atoms with van der Waals surface area (Å²) in [6, 6.07) is 0. The van der Waals surface area contributed by atoms with Crippen molar-refractivity contribution < 1.29 is 17.9 Å². The fraction of sp³-hybridized carbons (Fsp3) is 0.889. The van der Waals surface area contributed by atoms with Crippen molar-refractivity contribution in [3.8, 4) is 0 Å². The van der Waals surface area contributed by atoms with E-state index in [9.17, 15) is 13.2 Å². The van der Waals surface area contributed by atoms with E-state index in [0.29, 0.717) is 18.3 Å². The lowest BCUT2D eigenvalue weighted by Crippen LogP contribution is -2.42. The summed E-state index contributed by atoms with van der Waals surface area (Å²) in [5.41, 5.74) is 0. The third kappa shape index (κ3) is 4.69. The lowest BCUT2D eigenvalue weighted by atomic mass is 9.98. The predicted molar refractivity (Wildman–Crippen MR) is 64.0 cm³/mol. The molecular weight excluding hydrogens is 268 g/mol. The van der Waals surface area contributed by atoms with E-state index < -0.39 is 16.3 Å². The molecule has 2 atom stereocenters. The van der Waals surface area contributed by atoms with E-state index in [-0.39, 0.29) is 5.92 Å². The summed E-state index contributed by atoms with van der Waals surface area (Å²) in [4.78, 5) is 10.8. The second kappa shape index (κ2) is 6.42. The fourth-order valence-corrected chi connectivity index (χ4v) is 3.20. The molecule has 2 unspecified atom stereocenters. The molecule has 0 bridgehead atoms. The number of nitrogens with one attached hydrogen (secondary N) is 2. The number of halogens is 1. The van der Waals surface area contributed by atoms with Gasteiger partial charge in [0.15, 0.2) is 0 Å². The van der Waals surface area contributed by atoms with Gasteiger partial charge in [0.25, 0.3) is 0 Å². The molecule has 0 aromatic carbocycles. The second-order valence-corrected chi connectivity index (χ2v) is 5.86. The minimum Gasteiger partial charge on any atom is -0.452 e. The largest absolute Gasteiger partial charge is 0.452 e. The molecule has 1 aliphatic carbocycles. The normalized spacial score (nSPS) is 24.6. The van der Waals surface area contributed by atoms with E-state index in [1.165, 1.54) is 0 Å². The predicted octanol–water partition coefficient (Wildman–Crippen LogP) is 0.832. The number of carbonyl (C=O) groups excluding carboxylic acids is 1. The van der Waals surface area contributed by atoms with Gasteiger partial charge in [-0.15, -0.1) is 11.6 Å². The summed E-state index contributed by atoms with van der Waals surface area (Å²) in [7, 11) is -2.73. The van der Waals surface area contributed by atoms with Gasteiger partial charge in [0.1, 0.15) is 0 Å². The Morgan fingerprint density at radius 3 is 2.65 bits per heavy atom. The molecule has 0 spiro atoms. The third-order valence-corrected chi connectivity index (χ3v) is 4.33. The average molecular weight is 285 g/mol. The van der Waals surface area contributed by atoms with Crippen LogP contribution in [-0.2, 0) is 14.9 Å². The lowest BCUT2D eigenvalue weighted by Gasteiger charge is -2.17. The van der Waals surface area contributed by atoms with Crippen molar-refractivity contribution in [2.24, 2.45) is 11.8 Å². The number of methoxy groups -OCH3 is 1. The van der Waals surface area contributed by atoms with Crippen LogP contribution in [0, 0.1) is 11.8 Å². The molecule has 0 aliphatic heterocycles. The van der Waals surface area contributed by atoms with Crippen LogP contribution in [0.25, 0.3) is 0 Å². The minimum atomic E-state index is -3.83. The smallest absolute Gasteiger partial charge is 0.421 e. The van der Waals surface area contributed by atoms with Gasteiger partial charge in [-0.25, -0.2) is 9.52 Å². The molecule has 8 heteroatoms. The Hall–Kier alpha value is -0.530. The Morgan fingerprint density at radius 1 is 1.41 bits per heavy atom. The molecular formula is C9H17ClN2O4S. The molecule has 0 saturated heterocycles. The van der Waals surface area contributed by atoms with Crippen LogP contribution in [0.5, 0.6) is 0 Å². The molecule has 100 valence electrons. The molecule has 1 rings (SSSR count). The van der Waals surface area contributed by atoms with Crippen molar-refractivity contribution in [3.05, 3.63) is 0 Å². The summed E-state index contributed by atoms with van der Waals surface area (Å²) in [5, 5.41) is 0. The van der Waals surface area contributed by atoms with Crippen LogP contribution >= 0.6 is 11.6 Å². The Balaban J connectivity index is 2.41. The number of hydrogen-bond acceptors (Lipinski definition) is 4. The van der Waals surface area contributed by atoms with Crippen molar-refractivity contribution in [2.75, 3.05) is 19.5 Å². The van der Waals surface area contributed by atoms with E-state index in [0.717, 1.165) is 26.4 Å². The van der Waals surface area contributed by atoms with E-state index in [1.54, 1.807) is 4.72 Å². The van der Waals surface area contributed by atoms with E-state index >= 15 is 0 Å². The highest BCUT2D eigenvalue weighted by Crippen LogP contribution is 2.31. The van der Waals surface area contributed by atoms with Crippen LogP contribution in [0.4, 0.5) is 4.79 Å². The highest BCUT2D eigenvalue weighted by atomic mass is 35.5. The van der Waals surface area contributed by atoms with Gasteiger partial charge < -0.3 is 4.74 Å². The highest BCUT2D eigenvalue weighted by molar-refractivity contribution is 7.88. The molecule has 17 heavy (non-hydrogen) atoms. The van der Waals surface area contributed by atoms with E-state index in [1.807, 2.05) is 0 Å². The lowest BCUT2D eigenvalue weighted by molar-refractivity contribution is 0.177. The van der Waals surface area contributed by atoms with E-state index in [2.05, 4.69) is 9.46 Å². The number of rotatable bonds is 5. The standard InChI is InChI=1S/C9H17ClN2O4S/c1-16-9(13)12-17(14,15)11-6-8-4-2-3-7(8)5-10/h7-8,11H,2-6H2,1H3,(H,12,13). The maximum Gasteiger partial charge on any atom is 0.421 e. The number of hydrogen-bond donors (Lipinski definition) is 2. The van der Waals surface area contributed by atoms with Gasteiger partial charge in [-0.3, -0.25) is 0 Å². The Labute approximate surface area is 106 Å². The number of ether oxygens (including phenoxy) is 1. The molecule has 2 N–H and O–H groups in total. The highest BCUT2D eigenvalue weighted by Gasteiger charge is 2.27. The van der Waals surface area contributed by atoms with Crippen LogP contribution < -0.4 is 9.44 Å². The molecule has 1 saturated carbocycles. The van der Waals surface area contributed by atoms with Gasteiger partial charge >= 0.3 is 16.3 Å². The van der Waals surface area contributed by atoms with Crippen LogP contribution in [0.2, 0.25) is 0 Å².